The number of nitrogens with one attached hydrogen (secondary N) is 5. The summed E-state index contributed by atoms with van der Waals surface area (Å²) in [4.78, 5) is 129. The summed E-state index contributed by atoms with van der Waals surface area (Å²) in [6, 6.07) is -4.89. The normalized spacial score (nSPS) is 26.6. The minimum Gasteiger partial charge on any atom is -0.480 e. The first-order valence-corrected chi connectivity index (χ1v) is 21.3. The molecule has 0 spiro atoms. The summed E-state index contributed by atoms with van der Waals surface area (Å²) < 4.78 is 0. The molecule has 4 aliphatic heterocycles. The van der Waals surface area contributed by atoms with Crippen LogP contribution in [0.3, 0.4) is 0 Å². The fourth-order valence-electron chi connectivity index (χ4n) is 8.41. The summed E-state index contributed by atoms with van der Waals surface area (Å²) in [6.07, 6.45) is 1.26. The average Bonchev–Trinajstić information content (AvgIpc) is 3.64. The maximum absolute atomic E-state index is 14.4. The molecule has 63 heavy (non-hydrogen) atoms. The SMILES string of the molecule is CC[C@@H]1NC(=O)CNC(=O)[C@H](CCCN=C(N)N)NC(=O)[C@@H]2CC[C@H]3C[C@@H](CC(=O)NCN4CCN(CC(=O)O)CCN(CC(=O)O)CCN(CC(=O)O)CC4)[C@@H](NC1=O)C(=O)N32. The van der Waals surface area contributed by atoms with Crippen molar-refractivity contribution in [1.82, 2.24) is 51.1 Å². The van der Waals surface area contributed by atoms with Gasteiger partial charge in [0.1, 0.15) is 24.2 Å². The molecule has 0 aromatic carbocycles. The van der Waals surface area contributed by atoms with Gasteiger partial charge in [-0.15, -0.1) is 0 Å². The Bertz CT molecular complexity index is 1680. The number of amides is 6. The van der Waals surface area contributed by atoms with Gasteiger partial charge in [0.05, 0.1) is 32.8 Å². The number of aliphatic carboxylic acids is 3. The summed E-state index contributed by atoms with van der Waals surface area (Å²) >= 11 is 0. The first-order chi connectivity index (χ1) is 29.9. The highest BCUT2D eigenvalue weighted by Gasteiger charge is 2.51. The molecular formula is C38H63N13O12. The highest BCUT2D eigenvalue weighted by atomic mass is 16.4. The molecule has 352 valence electrons. The van der Waals surface area contributed by atoms with E-state index in [1.54, 1.807) is 21.6 Å². The van der Waals surface area contributed by atoms with Crippen LogP contribution in [-0.2, 0) is 43.2 Å². The number of rotatable bonds is 15. The standard InChI is InChI=1S/C38H63N13O12/c1-2-25-35(61)46-33-23(16-24-5-6-27(51(24)37(33)63)36(62)45-26(4-3-7-41-38(39)40)34(60)42-18-29(53)44-25)17-28(52)43-22-50-14-12-48(20-31(56)57)10-8-47(19-30(54)55)9-11-49(13-15-50)21-32(58)59/h23-27,33H,2-22H2,1H3,(H,42,60)(H,43,52)(H,44,53)(H,45,62)(H,46,61)(H,54,55)(H,56,57)(H,58,59)(H4,39,40,41)/t23-,24-,25-,26-,27-,33+/m0/s1. The van der Waals surface area contributed by atoms with Crippen LogP contribution >= 0.6 is 0 Å². The Hall–Kier alpha value is -5.66. The van der Waals surface area contributed by atoms with Gasteiger partial charge in [-0.3, -0.25) is 67.7 Å². The minimum atomic E-state index is -1.25. The van der Waals surface area contributed by atoms with Gasteiger partial charge in [0.15, 0.2) is 5.96 Å². The van der Waals surface area contributed by atoms with Crippen molar-refractivity contribution in [1.29, 1.82) is 0 Å². The summed E-state index contributed by atoms with van der Waals surface area (Å²) in [5.41, 5.74) is 10.8. The molecule has 2 bridgehead atoms. The third kappa shape index (κ3) is 15.9. The summed E-state index contributed by atoms with van der Waals surface area (Å²) in [7, 11) is 0. The lowest BCUT2D eigenvalue weighted by Gasteiger charge is -2.42. The second kappa shape index (κ2) is 24.3. The van der Waals surface area contributed by atoms with Crippen LogP contribution in [0.15, 0.2) is 4.99 Å². The molecule has 4 fully saturated rings. The van der Waals surface area contributed by atoms with Crippen molar-refractivity contribution in [2.45, 2.75) is 82.1 Å². The Labute approximate surface area is 364 Å². The number of carbonyl (C=O) groups excluding carboxylic acids is 6. The van der Waals surface area contributed by atoms with Gasteiger partial charge >= 0.3 is 17.9 Å². The number of hydrogen-bond donors (Lipinski definition) is 10. The van der Waals surface area contributed by atoms with Crippen LogP contribution in [0.2, 0.25) is 0 Å². The van der Waals surface area contributed by atoms with Crippen molar-refractivity contribution >= 4 is 59.3 Å². The first kappa shape index (κ1) is 50.0. The number of guanidine groups is 1. The number of carbonyl (C=O) groups is 9. The van der Waals surface area contributed by atoms with Crippen molar-refractivity contribution in [2.24, 2.45) is 22.4 Å². The molecule has 4 saturated heterocycles. The smallest absolute Gasteiger partial charge is 0.317 e. The van der Waals surface area contributed by atoms with Crippen molar-refractivity contribution in [3.63, 3.8) is 0 Å². The van der Waals surface area contributed by atoms with Crippen molar-refractivity contribution in [2.75, 3.05) is 91.8 Å². The van der Waals surface area contributed by atoms with E-state index < -0.39 is 96.0 Å². The summed E-state index contributed by atoms with van der Waals surface area (Å²) in [6.45, 7) is 2.27. The van der Waals surface area contributed by atoms with E-state index in [0.717, 1.165) is 0 Å². The number of nitrogens with zero attached hydrogens (tertiary/aromatic N) is 6. The number of carboxylic acids is 3. The Morgan fingerprint density at radius 2 is 1.29 bits per heavy atom. The van der Waals surface area contributed by atoms with Crippen LogP contribution in [0.1, 0.15) is 51.9 Å². The predicted molar refractivity (Wildman–Crippen MR) is 222 cm³/mol. The average molecular weight is 894 g/mol. The maximum atomic E-state index is 14.4. The lowest BCUT2D eigenvalue weighted by molar-refractivity contribution is -0.150. The highest BCUT2D eigenvalue weighted by molar-refractivity contribution is 5.98. The second-order valence-corrected chi connectivity index (χ2v) is 16.3. The summed E-state index contributed by atoms with van der Waals surface area (Å²) in [5, 5.41) is 42.0. The third-order valence-corrected chi connectivity index (χ3v) is 11.7. The molecule has 4 rings (SSSR count). The Morgan fingerprint density at radius 3 is 1.81 bits per heavy atom. The summed E-state index contributed by atoms with van der Waals surface area (Å²) in [5.74, 6) is -7.74. The molecule has 6 amide bonds. The van der Waals surface area contributed by atoms with E-state index in [4.69, 9.17) is 11.5 Å². The zero-order chi connectivity index (χ0) is 46.2. The number of hydrogen-bond acceptors (Lipinski definition) is 14. The van der Waals surface area contributed by atoms with Gasteiger partial charge in [-0.05, 0) is 44.4 Å². The molecule has 0 aromatic rings. The molecule has 4 heterocycles. The molecule has 6 atom stereocenters. The minimum absolute atomic E-state index is 0.0227. The van der Waals surface area contributed by atoms with Gasteiger partial charge in [-0.1, -0.05) is 6.92 Å². The van der Waals surface area contributed by atoms with Crippen molar-refractivity contribution < 1.29 is 58.5 Å². The molecule has 4 aliphatic rings. The molecule has 0 radical (unpaired) electrons. The van der Waals surface area contributed by atoms with Gasteiger partial charge in [0, 0.05) is 71.4 Å². The molecule has 0 aromatic heterocycles. The van der Waals surface area contributed by atoms with Crippen molar-refractivity contribution in [3.05, 3.63) is 0 Å². The van der Waals surface area contributed by atoms with E-state index in [1.807, 2.05) is 4.90 Å². The third-order valence-electron chi connectivity index (χ3n) is 11.7. The Morgan fingerprint density at radius 1 is 0.730 bits per heavy atom. The van der Waals surface area contributed by atoms with E-state index in [0.29, 0.717) is 12.8 Å². The van der Waals surface area contributed by atoms with Gasteiger partial charge in [-0.25, -0.2) is 0 Å². The van der Waals surface area contributed by atoms with Crippen LogP contribution in [0, 0.1) is 5.92 Å². The largest absolute Gasteiger partial charge is 0.480 e. The van der Waals surface area contributed by atoms with E-state index >= 15 is 0 Å². The Balaban J connectivity index is 1.52. The lowest BCUT2D eigenvalue weighted by atomic mass is 9.83. The molecule has 12 N–H and O–H groups in total. The lowest BCUT2D eigenvalue weighted by Crippen LogP contribution is -2.64. The first-order valence-electron chi connectivity index (χ1n) is 21.3. The van der Waals surface area contributed by atoms with Crippen LogP contribution in [0.4, 0.5) is 0 Å². The van der Waals surface area contributed by atoms with Crippen LogP contribution in [-0.4, -0.2) is 221 Å². The molecular weight excluding hydrogens is 830 g/mol. The Kier molecular flexibility index (Phi) is 19.2. The molecule has 0 aliphatic carbocycles. The van der Waals surface area contributed by atoms with Gasteiger partial charge in [-0.2, -0.15) is 0 Å². The fraction of sp³-hybridized carbons (Fsp3) is 0.737. The van der Waals surface area contributed by atoms with E-state index in [9.17, 15) is 58.5 Å². The van der Waals surface area contributed by atoms with Crippen LogP contribution in [0.5, 0.6) is 0 Å². The monoisotopic (exact) mass is 893 g/mol. The molecule has 25 heteroatoms. The zero-order valence-corrected chi connectivity index (χ0v) is 35.7. The fourth-order valence-corrected chi connectivity index (χ4v) is 8.41. The van der Waals surface area contributed by atoms with Crippen LogP contribution < -0.4 is 38.1 Å². The van der Waals surface area contributed by atoms with Crippen LogP contribution in [0.25, 0.3) is 0 Å². The molecule has 25 nitrogen and oxygen atoms in total. The second-order valence-electron chi connectivity index (χ2n) is 16.3. The molecule has 0 saturated carbocycles. The quantitative estimate of drug-likeness (QED) is 0.0416. The van der Waals surface area contributed by atoms with Gasteiger partial charge in [0.2, 0.25) is 35.4 Å². The van der Waals surface area contributed by atoms with E-state index in [-0.39, 0.29) is 123 Å². The number of nitrogens with two attached hydrogens (primary N) is 2. The maximum Gasteiger partial charge on any atom is 0.317 e. The number of carboxylic acid groups (broad SMARTS) is 3. The van der Waals surface area contributed by atoms with Crippen molar-refractivity contribution in [3.8, 4) is 0 Å². The van der Waals surface area contributed by atoms with Gasteiger partial charge in [0.25, 0.3) is 0 Å². The van der Waals surface area contributed by atoms with E-state index in [2.05, 4.69) is 31.6 Å². The van der Waals surface area contributed by atoms with E-state index in [1.165, 1.54) is 4.90 Å². The number of piperidine rings is 1. The highest BCUT2D eigenvalue weighted by Crippen LogP contribution is 2.37. The number of fused-ring (bicyclic) bond motifs is 1. The topological polar surface area (TPSA) is 355 Å². The zero-order valence-electron chi connectivity index (χ0n) is 35.7. The molecule has 0 unspecified atom stereocenters. The number of aliphatic imine (C=N–C) groups is 1. The van der Waals surface area contributed by atoms with Gasteiger partial charge < -0.3 is 58.3 Å². The predicted octanol–water partition coefficient (Wildman–Crippen LogP) is -5.65.